The van der Waals surface area contributed by atoms with E-state index in [0.717, 1.165) is 5.56 Å². The summed E-state index contributed by atoms with van der Waals surface area (Å²) in [5.41, 5.74) is 1.71. The fourth-order valence-electron chi connectivity index (χ4n) is 2.68. The van der Waals surface area contributed by atoms with Gasteiger partial charge in [0.2, 0.25) is 11.8 Å². The van der Waals surface area contributed by atoms with Crippen LogP contribution in [0, 0.1) is 0 Å². The van der Waals surface area contributed by atoms with Crippen LogP contribution in [-0.2, 0) is 22.6 Å². The molecule has 0 saturated heterocycles. The number of hydrogen-bond acceptors (Lipinski definition) is 2. The maximum atomic E-state index is 12.9. The summed E-state index contributed by atoms with van der Waals surface area (Å²) in [6.45, 7) is 1.88. The van der Waals surface area contributed by atoms with Crippen molar-refractivity contribution in [1.29, 1.82) is 0 Å². The molecule has 0 saturated carbocycles. The van der Waals surface area contributed by atoms with E-state index in [4.69, 9.17) is 23.2 Å². The number of benzene rings is 2. The summed E-state index contributed by atoms with van der Waals surface area (Å²) in [7, 11) is 1.55. The Kier molecular flexibility index (Phi) is 7.49. The number of hydrogen-bond donors (Lipinski definition) is 1. The first kappa shape index (κ1) is 20.3. The van der Waals surface area contributed by atoms with Crippen LogP contribution in [0.25, 0.3) is 0 Å². The molecule has 0 spiro atoms. The molecule has 0 aliphatic rings. The second-order valence-electron chi connectivity index (χ2n) is 6.00. The Balaban J connectivity index is 2.20. The van der Waals surface area contributed by atoms with E-state index in [2.05, 4.69) is 5.32 Å². The minimum atomic E-state index is -0.629. The van der Waals surface area contributed by atoms with E-state index >= 15 is 0 Å². The normalized spacial score (nSPS) is 11.7. The zero-order valence-corrected chi connectivity index (χ0v) is 16.3. The fraction of sp³-hybridized carbons (Fsp3) is 0.300. The first-order valence-corrected chi connectivity index (χ1v) is 9.17. The van der Waals surface area contributed by atoms with Gasteiger partial charge in [-0.1, -0.05) is 59.6 Å². The average molecular weight is 393 g/mol. The first-order chi connectivity index (χ1) is 12.4. The Hall–Kier alpha value is -2.04. The lowest BCUT2D eigenvalue weighted by Crippen LogP contribution is -2.46. The highest BCUT2D eigenvalue weighted by Gasteiger charge is 2.26. The molecule has 26 heavy (non-hydrogen) atoms. The molecule has 1 atom stereocenters. The van der Waals surface area contributed by atoms with Crippen LogP contribution in [0.2, 0.25) is 10.0 Å². The Morgan fingerprint density at radius 3 is 2.23 bits per heavy atom. The van der Waals surface area contributed by atoms with Crippen LogP contribution in [0.15, 0.2) is 48.5 Å². The lowest BCUT2D eigenvalue weighted by molar-refractivity contribution is -0.140. The van der Waals surface area contributed by atoms with Gasteiger partial charge in [0.15, 0.2) is 0 Å². The molecule has 1 N–H and O–H groups in total. The lowest BCUT2D eigenvalue weighted by Gasteiger charge is -2.29. The number of aryl methyl sites for hydroxylation is 1. The number of amides is 2. The smallest absolute Gasteiger partial charge is 0.242 e. The largest absolute Gasteiger partial charge is 0.357 e. The van der Waals surface area contributed by atoms with E-state index in [-0.39, 0.29) is 18.4 Å². The maximum Gasteiger partial charge on any atom is 0.242 e. The number of halogens is 2. The third kappa shape index (κ3) is 5.23. The number of nitrogens with zero attached hydrogens (tertiary/aromatic N) is 1. The molecule has 0 fully saturated rings. The maximum absolute atomic E-state index is 12.9. The van der Waals surface area contributed by atoms with Crippen LogP contribution < -0.4 is 5.32 Å². The molecule has 0 unspecified atom stereocenters. The van der Waals surface area contributed by atoms with E-state index in [1.54, 1.807) is 32.2 Å². The van der Waals surface area contributed by atoms with Gasteiger partial charge in [0.1, 0.15) is 6.04 Å². The molecule has 0 radical (unpaired) electrons. The van der Waals surface area contributed by atoms with Gasteiger partial charge in [0, 0.05) is 35.6 Å². The molecule has 0 bridgehead atoms. The molecule has 2 aromatic carbocycles. The SMILES string of the molecule is CNC(=O)[C@@H](C)N(Cc1c(Cl)cccc1Cl)C(=O)CCc1ccccc1. The fourth-order valence-corrected chi connectivity index (χ4v) is 3.20. The molecule has 0 aromatic heterocycles. The number of nitrogens with one attached hydrogen (secondary N) is 1. The molecule has 0 aliphatic heterocycles. The molecule has 6 heteroatoms. The van der Waals surface area contributed by atoms with E-state index in [9.17, 15) is 9.59 Å². The molecule has 2 amide bonds. The zero-order chi connectivity index (χ0) is 19.1. The summed E-state index contributed by atoms with van der Waals surface area (Å²) in [4.78, 5) is 26.5. The number of carbonyl (C=O) groups excluding carboxylic acids is 2. The van der Waals surface area contributed by atoms with Gasteiger partial charge in [-0.2, -0.15) is 0 Å². The monoisotopic (exact) mass is 392 g/mol. The second kappa shape index (κ2) is 9.60. The van der Waals surface area contributed by atoms with E-state index in [1.165, 1.54) is 4.90 Å². The summed E-state index contributed by atoms with van der Waals surface area (Å²) in [5.74, 6) is -0.359. The van der Waals surface area contributed by atoms with Crippen molar-refractivity contribution in [2.24, 2.45) is 0 Å². The highest BCUT2D eigenvalue weighted by Crippen LogP contribution is 2.26. The second-order valence-corrected chi connectivity index (χ2v) is 6.81. The van der Waals surface area contributed by atoms with Crippen molar-refractivity contribution in [2.75, 3.05) is 7.05 Å². The molecule has 0 heterocycles. The Bertz CT molecular complexity index is 745. The van der Waals surface area contributed by atoms with Gasteiger partial charge in [0.25, 0.3) is 0 Å². The third-order valence-corrected chi connectivity index (χ3v) is 4.98. The van der Waals surface area contributed by atoms with Crippen molar-refractivity contribution in [3.8, 4) is 0 Å². The molecule has 2 rings (SSSR count). The van der Waals surface area contributed by atoms with Gasteiger partial charge < -0.3 is 10.2 Å². The van der Waals surface area contributed by atoms with Gasteiger partial charge in [-0.05, 0) is 31.0 Å². The third-order valence-electron chi connectivity index (χ3n) is 4.27. The van der Waals surface area contributed by atoms with Crippen molar-refractivity contribution < 1.29 is 9.59 Å². The summed E-state index contributed by atoms with van der Waals surface area (Å²) in [6, 6.07) is 14.3. The summed E-state index contributed by atoms with van der Waals surface area (Å²) >= 11 is 12.5. The van der Waals surface area contributed by atoms with Crippen LogP contribution >= 0.6 is 23.2 Å². The van der Waals surface area contributed by atoms with Gasteiger partial charge in [0.05, 0.1) is 0 Å². The predicted molar refractivity (Wildman–Crippen MR) is 105 cm³/mol. The van der Waals surface area contributed by atoms with Crippen molar-refractivity contribution in [3.05, 3.63) is 69.7 Å². The van der Waals surface area contributed by atoms with E-state index in [1.807, 2.05) is 30.3 Å². The first-order valence-electron chi connectivity index (χ1n) is 8.42. The zero-order valence-electron chi connectivity index (χ0n) is 14.8. The van der Waals surface area contributed by atoms with Crippen LogP contribution in [0.4, 0.5) is 0 Å². The van der Waals surface area contributed by atoms with Crippen LogP contribution in [-0.4, -0.2) is 29.8 Å². The Morgan fingerprint density at radius 1 is 1.04 bits per heavy atom. The van der Waals surface area contributed by atoms with Gasteiger partial charge in [-0.25, -0.2) is 0 Å². The number of rotatable bonds is 7. The van der Waals surface area contributed by atoms with Crippen molar-refractivity contribution in [1.82, 2.24) is 10.2 Å². The van der Waals surface area contributed by atoms with Gasteiger partial charge >= 0.3 is 0 Å². The van der Waals surface area contributed by atoms with Gasteiger partial charge in [-0.3, -0.25) is 9.59 Å². The summed E-state index contributed by atoms with van der Waals surface area (Å²) in [5, 5.41) is 3.54. The van der Waals surface area contributed by atoms with Crippen molar-refractivity contribution in [3.63, 3.8) is 0 Å². The highest BCUT2D eigenvalue weighted by atomic mass is 35.5. The minimum Gasteiger partial charge on any atom is -0.357 e. The van der Waals surface area contributed by atoms with E-state index in [0.29, 0.717) is 28.5 Å². The van der Waals surface area contributed by atoms with Crippen LogP contribution in [0.1, 0.15) is 24.5 Å². The van der Waals surface area contributed by atoms with Crippen LogP contribution in [0.3, 0.4) is 0 Å². The number of likely N-dealkylation sites (N-methyl/N-ethyl adjacent to an activating group) is 1. The molecule has 2 aromatic rings. The quantitative estimate of drug-likeness (QED) is 0.771. The van der Waals surface area contributed by atoms with Crippen LogP contribution in [0.5, 0.6) is 0 Å². The summed E-state index contributed by atoms with van der Waals surface area (Å²) in [6.07, 6.45) is 0.903. The Labute approximate surface area is 164 Å². The number of carbonyl (C=O) groups is 2. The standard InChI is InChI=1S/C20H22Cl2N2O2/c1-14(20(26)23-2)24(13-16-17(21)9-6-10-18(16)22)19(25)12-11-15-7-4-3-5-8-15/h3-10,14H,11-13H2,1-2H3,(H,23,26)/t14-/m1/s1. The molecular formula is C20H22Cl2N2O2. The summed E-state index contributed by atoms with van der Waals surface area (Å²) < 4.78 is 0. The van der Waals surface area contributed by atoms with Crippen molar-refractivity contribution in [2.45, 2.75) is 32.4 Å². The topological polar surface area (TPSA) is 49.4 Å². The molecule has 0 aliphatic carbocycles. The Morgan fingerprint density at radius 2 is 1.65 bits per heavy atom. The minimum absolute atomic E-state index is 0.124. The van der Waals surface area contributed by atoms with Crippen molar-refractivity contribution >= 4 is 35.0 Å². The van der Waals surface area contributed by atoms with Gasteiger partial charge in [-0.15, -0.1) is 0 Å². The highest BCUT2D eigenvalue weighted by molar-refractivity contribution is 6.36. The molecular weight excluding hydrogens is 371 g/mol. The lowest BCUT2D eigenvalue weighted by atomic mass is 10.1. The predicted octanol–water partition coefficient (Wildman–Crippen LogP) is 4.09. The molecule has 138 valence electrons. The molecule has 4 nitrogen and oxygen atoms in total. The van der Waals surface area contributed by atoms with E-state index < -0.39 is 6.04 Å². The average Bonchev–Trinajstić information content (AvgIpc) is 2.65.